The summed E-state index contributed by atoms with van der Waals surface area (Å²) in [5.74, 6) is 0. The van der Waals surface area contributed by atoms with Gasteiger partial charge in [-0.25, -0.2) is 0 Å². The van der Waals surface area contributed by atoms with Gasteiger partial charge in [0.25, 0.3) is 0 Å². The summed E-state index contributed by atoms with van der Waals surface area (Å²) in [6, 6.07) is 0. The minimum atomic E-state index is 0. The van der Waals surface area contributed by atoms with Gasteiger partial charge in [-0.1, -0.05) is 0 Å². The Labute approximate surface area is 47.9 Å². The molecular weight excluding hydrogens is 157 g/mol. The molecule has 0 aromatic rings. The van der Waals surface area contributed by atoms with E-state index in [0.29, 0.717) is 19.0 Å². The summed E-state index contributed by atoms with van der Waals surface area (Å²) in [5, 5.41) is 0. The van der Waals surface area contributed by atoms with Gasteiger partial charge in [0.05, 0.1) is 0 Å². The van der Waals surface area contributed by atoms with Gasteiger partial charge in [-0.05, 0) is 0 Å². The van der Waals surface area contributed by atoms with Crippen LogP contribution in [0.25, 0.3) is 0 Å². The van der Waals surface area contributed by atoms with Crippen LogP contribution in [0.5, 0.6) is 0 Å². The molecular formula is HCl2GaO. The second-order valence-corrected chi connectivity index (χ2v) is 0. The maximum absolute atomic E-state index is 7.06. The van der Waals surface area contributed by atoms with E-state index in [4.69, 9.17) is 3.90 Å². The van der Waals surface area contributed by atoms with Gasteiger partial charge in [0.2, 0.25) is 0 Å². The summed E-state index contributed by atoms with van der Waals surface area (Å²) >= 11 is 0.688. The zero-order chi connectivity index (χ0) is 2.00. The van der Waals surface area contributed by atoms with E-state index >= 15 is 0 Å². The molecule has 0 rings (SSSR count). The average Bonchev–Trinajstić information content (AvgIpc) is 1.00. The fourth-order valence-corrected chi connectivity index (χ4v) is 0. The molecule has 4 heavy (non-hydrogen) atoms. The molecule has 0 atom stereocenters. The first kappa shape index (κ1) is 19.1. The van der Waals surface area contributed by atoms with Gasteiger partial charge in [0.15, 0.2) is 0 Å². The fraction of sp³-hybridized carbons (Fsp3) is 0. The molecule has 0 saturated carbocycles. The minimum absolute atomic E-state index is 0. The van der Waals surface area contributed by atoms with Crippen LogP contribution in [-0.4, -0.2) is 22.9 Å². The van der Waals surface area contributed by atoms with E-state index in [1.54, 1.807) is 0 Å². The van der Waals surface area contributed by atoms with Crippen LogP contribution in [0, 0.1) is 0 Å². The summed E-state index contributed by atoms with van der Waals surface area (Å²) in [5.41, 5.74) is 0. The summed E-state index contributed by atoms with van der Waals surface area (Å²) < 4.78 is 7.06. The molecule has 0 heterocycles. The van der Waals surface area contributed by atoms with Crippen molar-refractivity contribution in [3.63, 3.8) is 0 Å². The van der Waals surface area contributed by atoms with Crippen molar-refractivity contribution in [2.45, 2.75) is 0 Å². The van der Waals surface area contributed by atoms with Crippen molar-refractivity contribution in [3.8, 4) is 0 Å². The fourth-order valence-electron chi connectivity index (χ4n) is 0. The first-order valence-corrected chi connectivity index (χ1v) is 1.34. The number of halogens is 2. The van der Waals surface area contributed by atoms with Crippen molar-refractivity contribution in [2.24, 2.45) is 0 Å². The van der Waals surface area contributed by atoms with Gasteiger partial charge in [-0.3, -0.25) is 0 Å². The third kappa shape index (κ3) is 10.9. The molecule has 0 aliphatic carbocycles. The first-order valence-electron chi connectivity index (χ1n) is 0.258. The van der Waals surface area contributed by atoms with Gasteiger partial charge in [-0.15, -0.1) is 0 Å². The van der Waals surface area contributed by atoms with Crippen molar-refractivity contribution in [3.05, 3.63) is 0 Å². The molecule has 0 aromatic heterocycles. The third-order valence-corrected chi connectivity index (χ3v) is 0. The Balaban J connectivity index is -0.00000000500. The van der Waals surface area contributed by atoms with Gasteiger partial charge in [-0.2, -0.15) is 0 Å². The Morgan fingerprint density at radius 3 is 1.00 bits per heavy atom. The molecule has 1 N–H and O–H groups in total. The van der Waals surface area contributed by atoms with E-state index < -0.39 is 0 Å². The predicted molar refractivity (Wildman–Crippen MR) is 7.97 cm³/mol. The SMILES string of the molecule is [Cl-].[Cl-].[OH][Ga+2]. The molecule has 0 fully saturated rings. The van der Waals surface area contributed by atoms with E-state index in [9.17, 15) is 0 Å². The van der Waals surface area contributed by atoms with E-state index in [1.807, 2.05) is 0 Å². The molecule has 0 unspecified atom stereocenters. The van der Waals surface area contributed by atoms with E-state index in [0.717, 1.165) is 0 Å². The zero-order valence-electron chi connectivity index (χ0n) is 1.78. The van der Waals surface area contributed by atoms with Gasteiger partial charge in [0, 0.05) is 0 Å². The quantitative estimate of drug-likeness (QED) is 0.347. The molecule has 0 bridgehead atoms. The van der Waals surface area contributed by atoms with Gasteiger partial charge < -0.3 is 24.8 Å². The van der Waals surface area contributed by atoms with E-state index in [2.05, 4.69) is 0 Å². The Morgan fingerprint density at radius 1 is 1.00 bits per heavy atom. The number of hydrogen-bond donors (Lipinski definition) is 1. The van der Waals surface area contributed by atoms with Crippen LogP contribution in [0.1, 0.15) is 0 Å². The van der Waals surface area contributed by atoms with Crippen LogP contribution in [0.4, 0.5) is 0 Å². The van der Waals surface area contributed by atoms with Crippen LogP contribution in [0.2, 0.25) is 0 Å². The summed E-state index contributed by atoms with van der Waals surface area (Å²) in [7, 11) is 0. The van der Waals surface area contributed by atoms with Crippen molar-refractivity contribution in [1.82, 2.24) is 0 Å². The molecule has 24 valence electrons. The average molecular weight is 158 g/mol. The van der Waals surface area contributed by atoms with Crippen molar-refractivity contribution in [1.29, 1.82) is 0 Å². The van der Waals surface area contributed by atoms with Crippen LogP contribution < -0.4 is 24.8 Å². The van der Waals surface area contributed by atoms with Crippen molar-refractivity contribution in [2.75, 3.05) is 0 Å². The zero-order valence-corrected chi connectivity index (χ0v) is 5.72. The summed E-state index contributed by atoms with van der Waals surface area (Å²) in [6.45, 7) is 0. The molecule has 0 saturated heterocycles. The Bertz CT molecular complexity index is 6.00. The molecule has 0 amide bonds. The van der Waals surface area contributed by atoms with E-state index in [-0.39, 0.29) is 24.8 Å². The standard InChI is InChI=1S/2ClH.Ga.H2O/h2*1H;;1H2/q;;+3;/p-3. The number of rotatable bonds is 0. The van der Waals surface area contributed by atoms with Crippen LogP contribution in [-0.2, 0) is 0 Å². The Kier molecular flexibility index (Phi) is 145. The van der Waals surface area contributed by atoms with Crippen LogP contribution >= 0.6 is 0 Å². The molecule has 0 spiro atoms. The monoisotopic (exact) mass is 156 g/mol. The van der Waals surface area contributed by atoms with E-state index in [1.165, 1.54) is 0 Å². The van der Waals surface area contributed by atoms with Gasteiger partial charge >= 0.3 is 22.9 Å². The molecule has 0 aliphatic heterocycles. The Hall–Kier alpha value is 1.18. The summed E-state index contributed by atoms with van der Waals surface area (Å²) in [6.07, 6.45) is 0. The van der Waals surface area contributed by atoms with Crippen molar-refractivity contribution < 1.29 is 28.7 Å². The second kappa shape index (κ2) is 30.4. The second-order valence-electron chi connectivity index (χ2n) is 0. The molecule has 0 radical (unpaired) electrons. The number of hydrogen-bond acceptors (Lipinski definition) is 1. The molecule has 1 nitrogen and oxygen atoms in total. The molecule has 4 heteroatoms. The maximum atomic E-state index is 7.06. The predicted octanol–water partition coefficient (Wildman–Crippen LogP) is -6.93. The summed E-state index contributed by atoms with van der Waals surface area (Å²) in [4.78, 5) is 0. The van der Waals surface area contributed by atoms with Crippen LogP contribution in [0.15, 0.2) is 0 Å². The Morgan fingerprint density at radius 2 is 1.00 bits per heavy atom. The first-order chi connectivity index (χ1) is 1.00. The topological polar surface area (TPSA) is 20.2 Å². The normalized spacial score (nSPS) is 1.75. The van der Waals surface area contributed by atoms with Crippen molar-refractivity contribution >= 4 is 19.0 Å². The third-order valence-electron chi connectivity index (χ3n) is 0. The van der Waals surface area contributed by atoms with Crippen LogP contribution in [0.3, 0.4) is 0 Å². The molecule has 0 aliphatic rings. The molecule has 0 aromatic carbocycles. The van der Waals surface area contributed by atoms with Gasteiger partial charge in [0.1, 0.15) is 0 Å².